The fourth-order valence-corrected chi connectivity index (χ4v) is 3.38. The highest BCUT2D eigenvalue weighted by molar-refractivity contribution is 7.80. The number of methoxy groups -OCH3 is 1. The number of likely N-dealkylation sites (N-methyl/N-ethyl adjacent to an activating group) is 1. The third-order valence-electron chi connectivity index (χ3n) is 4.57. The van der Waals surface area contributed by atoms with Crippen LogP contribution in [0.25, 0.3) is 5.69 Å². The number of halogens is 1. The normalized spacial score (nSPS) is 11.4. The lowest BCUT2D eigenvalue weighted by Crippen LogP contribution is -2.22. The summed E-state index contributed by atoms with van der Waals surface area (Å²) in [7, 11) is 3.71. The van der Waals surface area contributed by atoms with E-state index in [1.807, 2.05) is 13.1 Å². The maximum absolute atomic E-state index is 14.6. The van der Waals surface area contributed by atoms with Gasteiger partial charge in [0.1, 0.15) is 11.5 Å². The Kier molecular flexibility index (Phi) is 6.88. The number of thiol groups is 1. The Morgan fingerprint density at radius 2 is 2.00 bits per heavy atom. The quantitative estimate of drug-likeness (QED) is 0.574. The van der Waals surface area contributed by atoms with E-state index in [9.17, 15) is 4.39 Å². The third kappa shape index (κ3) is 5.22. The minimum Gasteiger partial charge on any atom is -0.383 e. The van der Waals surface area contributed by atoms with Gasteiger partial charge >= 0.3 is 0 Å². The van der Waals surface area contributed by atoms with Gasteiger partial charge in [0.25, 0.3) is 0 Å². The number of hydrogen-bond acceptors (Lipinski definition) is 4. The monoisotopic (exact) mass is 399 g/mol. The first-order valence-electron chi connectivity index (χ1n) is 9.26. The highest BCUT2D eigenvalue weighted by Crippen LogP contribution is 2.22. The first kappa shape index (κ1) is 20.6. The van der Waals surface area contributed by atoms with Crippen LogP contribution in [0.4, 0.5) is 4.39 Å². The van der Waals surface area contributed by atoms with Gasteiger partial charge in [0, 0.05) is 37.2 Å². The second kappa shape index (κ2) is 9.37. The fourth-order valence-electron chi connectivity index (χ4n) is 3.19. The van der Waals surface area contributed by atoms with Crippen LogP contribution < -0.4 is 0 Å². The molecule has 1 aromatic heterocycles. The van der Waals surface area contributed by atoms with E-state index >= 15 is 0 Å². The molecule has 0 N–H and O–H groups in total. The molecule has 3 rings (SSSR count). The first-order valence-corrected chi connectivity index (χ1v) is 9.70. The van der Waals surface area contributed by atoms with Crippen molar-refractivity contribution in [3.8, 4) is 5.69 Å². The van der Waals surface area contributed by atoms with E-state index in [1.54, 1.807) is 23.9 Å². The molecule has 3 aromatic rings. The average Bonchev–Trinajstić information content (AvgIpc) is 3.01. The molecule has 0 fully saturated rings. The molecule has 0 radical (unpaired) electrons. The summed E-state index contributed by atoms with van der Waals surface area (Å²) in [6.45, 7) is 4.20. The van der Waals surface area contributed by atoms with Crippen LogP contribution in [0.15, 0.2) is 53.4 Å². The molecular weight excluding hydrogens is 373 g/mol. The second-order valence-electron chi connectivity index (χ2n) is 7.07. The molecule has 1 heterocycles. The van der Waals surface area contributed by atoms with E-state index in [2.05, 4.69) is 48.7 Å². The Morgan fingerprint density at radius 1 is 1.18 bits per heavy atom. The molecule has 148 valence electrons. The topological polar surface area (TPSA) is 30.3 Å². The zero-order valence-corrected chi connectivity index (χ0v) is 17.4. The van der Waals surface area contributed by atoms with E-state index in [0.717, 1.165) is 17.9 Å². The van der Waals surface area contributed by atoms with Crippen molar-refractivity contribution in [3.63, 3.8) is 0 Å². The van der Waals surface area contributed by atoms with Crippen molar-refractivity contribution in [3.05, 3.63) is 76.9 Å². The summed E-state index contributed by atoms with van der Waals surface area (Å²) in [6.07, 6.45) is 0.679. The Labute approximate surface area is 171 Å². The third-order valence-corrected chi connectivity index (χ3v) is 4.85. The molecule has 0 unspecified atom stereocenters. The molecule has 0 aliphatic carbocycles. The zero-order valence-electron chi connectivity index (χ0n) is 16.5. The van der Waals surface area contributed by atoms with Crippen LogP contribution in [-0.4, -0.2) is 42.0 Å². The maximum atomic E-state index is 14.6. The molecule has 0 atom stereocenters. The van der Waals surface area contributed by atoms with Crippen LogP contribution in [0.3, 0.4) is 0 Å². The second-order valence-corrected chi connectivity index (χ2v) is 7.59. The molecule has 2 aromatic carbocycles. The van der Waals surface area contributed by atoms with Crippen molar-refractivity contribution in [1.82, 2.24) is 14.7 Å². The van der Waals surface area contributed by atoms with Crippen molar-refractivity contribution in [1.29, 1.82) is 0 Å². The van der Waals surface area contributed by atoms with Gasteiger partial charge in [-0.05, 0) is 43.8 Å². The van der Waals surface area contributed by atoms with E-state index in [4.69, 9.17) is 9.84 Å². The SMILES string of the molecule is COCCN(C)Cc1cc(Cc2cccc(C)c2)n(-c2ccc(S)cc2F)n1. The minimum absolute atomic E-state index is 0.333. The van der Waals surface area contributed by atoms with Crippen molar-refractivity contribution in [2.45, 2.75) is 24.8 Å². The summed E-state index contributed by atoms with van der Waals surface area (Å²) in [5.41, 5.74) is 4.66. The molecule has 28 heavy (non-hydrogen) atoms. The van der Waals surface area contributed by atoms with Crippen LogP contribution in [0, 0.1) is 12.7 Å². The highest BCUT2D eigenvalue weighted by Gasteiger charge is 2.15. The molecule has 4 nitrogen and oxygen atoms in total. The first-order chi connectivity index (χ1) is 13.5. The van der Waals surface area contributed by atoms with E-state index in [-0.39, 0.29) is 5.82 Å². The van der Waals surface area contributed by atoms with Gasteiger partial charge in [-0.3, -0.25) is 4.90 Å². The van der Waals surface area contributed by atoms with Gasteiger partial charge in [-0.15, -0.1) is 12.6 Å². The zero-order chi connectivity index (χ0) is 20.1. The van der Waals surface area contributed by atoms with Crippen molar-refractivity contribution >= 4 is 12.6 Å². The molecule has 0 saturated carbocycles. The average molecular weight is 400 g/mol. The summed E-state index contributed by atoms with van der Waals surface area (Å²) < 4.78 is 21.5. The summed E-state index contributed by atoms with van der Waals surface area (Å²) in [5, 5.41) is 4.71. The molecule has 0 aliphatic heterocycles. The molecule has 0 bridgehead atoms. The molecule has 0 amide bonds. The van der Waals surface area contributed by atoms with Crippen LogP contribution >= 0.6 is 12.6 Å². The van der Waals surface area contributed by atoms with Gasteiger partial charge < -0.3 is 4.74 Å². The molecule has 0 aliphatic rings. The number of benzene rings is 2. The Morgan fingerprint density at radius 3 is 2.71 bits per heavy atom. The van der Waals surface area contributed by atoms with Crippen LogP contribution in [0.2, 0.25) is 0 Å². The van der Waals surface area contributed by atoms with Crippen molar-refractivity contribution < 1.29 is 9.13 Å². The Balaban J connectivity index is 1.95. The predicted octanol–water partition coefficient (Wildman–Crippen LogP) is 4.28. The minimum atomic E-state index is -0.333. The van der Waals surface area contributed by atoms with Gasteiger partial charge in [-0.1, -0.05) is 29.8 Å². The smallest absolute Gasteiger partial charge is 0.149 e. The summed E-state index contributed by atoms with van der Waals surface area (Å²) in [4.78, 5) is 2.73. The predicted molar refractivity (Wildman–Crippen MR) is 113 cm³/mol. The molecule has 0 spiro atoms. The van der Waals surface area contributed by atoms with Crippen LogP contribution in [0.1, 0.15) is 22.5 Å². The van der Waals surface area contributed by atoms with E-state index < -0.39 is 0 Å². The van der Waals surface area contributed by atoms with Crippen molar-refractivity contribution in [2.75, 3.05) is 27.3 Å². The lowest BCUT2D eigenvalue weighted by atomic mass is 10.1. The molecular formula is C22H26FN3OS. The van der Waals surface area contributed by atoms with Gasteiger partial charge in [-0.2, -0.15) is 5.10 Å². The van der Waals surface area contributed by atoms with Crippen LogP contribution in [-0.2, 0) is 17.7 Å². The lowest BCUT2D eigenvalue weighted by Gasteiger charge is -2.14. The number of ether oxygens (including phenoxy) is 1. The maximum Gasteiger partial charge on any atom is 0.149 e. The van der Waals surface area contributed by atoms with E-state index in [0.29, 0.717) is 30.2 Å². The molecule has 6 heteroatoms. The Hall–Kier alpha value is -2.15. The number of aromatic nitrogens is 2. The molecule has 0 saturated heterocycles. The number of hydrogen-bond donors (Lipinski definition) is 1. The summed E-state index contributed by atoms with van der Waals surface area (Å²) in [6, 6.07) is 15.3. The fraction of sp³-hybridized carbons (Fsp3) is 0.318. The Bertz CT molecular complexity index is 941. The van der Waals surface area contributed by atoms with Gasteiger partial charge in [0.05, 0.1) is 12.3 Å². The van der Waals surface area contributed by atoms with Gasteiger partial charge in [0.15, 0.2) is 0 Å². The van der Waals surface area contributed by atoms with Crippen molar-refractivity contribution in [2.24, 2.45) is 0 Å². The van der Waals surface area contributed by atoms with Gasteiger partial charge in [0.2, 0.25) is 0 Å². The number of aryl methyl sites for hydroxylation is 1. The van der Waals surface area contributed by atoms with Gasteiger partial charge in [-0.25, -0.2) is 9.07 Å². The number of rotatable bonds is 8. The van der Waals surface area contributed by atoms with Crippen LogP contribution in [0.5, 0.6) is 0 Å². The summed E-state index contributed by atoms with van der Waals surface area (Å²) >= 11 is 4.23. The number of nitrogens with zero attached hydrogens (tertiary/aromatic N) is 3. The lowest BCUT2D eigenvalue weighted by molar-refractivity contribution is 0.158. The highest BCUT2D eigenvalue weighted by atomic mass is 32.1. The van der Waals surface area contributed by atoms with E-state index in [1.165, 1.54) is 17.2 Å². The largest absolute Gasteiger partial charge is 0.383 e. The summed E-state index contributed by atoms with van der Waals surface area (Å²) in [5.74, 6) is -0.333. The standard InChI is InChI=1S/C22H26FN3OS/c1-16-5-4-6-17(11-16)12-19-13-18(15-25(2)9-10-27-3)24-26(19)22-8-7-20(28)14-21(22)23/h4-8,11,13-14,28H,9-10,12,15H2,1-3H3.